The lowest BCUT2D eigenvalue weighted by Gasteiger charge is -2.16. The summed E-state index contributed by atoms with van der Waals surface area (Å²) in [6, 6.07) is 19.8. The highest BCUT2D eigenvalue weighted by atomic mass is 32.1. The molecule has 142 valence electrons. The molecule has 0 aliphatic carbocycles. The van der Waals surface area contributed by atoms with E-state index in [1.165, 1.54) is 11.3 Å². The molecule has 0 bridgehead atoms. The van der Waals surface area contributed by atoms with Gasteiger partial charge in [-0.25, -0.2) is 0 Å². The third-order valence-corrected chi connectivity index (χ3v) is 5.86. The zero-order chi connectivity index (χ0) is 19.7. The minimum absolute atomic E-state index is 0.0154. The van der Waals surface area contributed by atoms with Gasteiger partial charge < -0.3 is 9.64 Å². The summed E-state index contributed by atoms with van der Waals surface area (Å²) < 4.78 is 7.17. The minimum atomic E-state index is 0.0154. The smallest absolute Gasteiger partial charge is 0.264 e. The van der Waals surface area contributed by atoms with Gasteiger partial charge in [0.2, 0.25) is 0 Å². The molecular formula is C22H21N3O2S. The Morgan fingerprint density at radius 1 is 1.14 bits per heavy atom. The van der Waals surface area contributed by atoms with Crippen molar-refractivity contribution in [1.82, 2.24) is 14.7 Å². The molecule has 4 rings (SSSR count). The fourth-order valence-corrected chi connectivity index (χ4v) is 4.31. The van der Waals surface area contributed by atoms with Gasteiger partial charge in [-0.2, -0.15) is 5.10 Å². The summed E-state index contributed by atoms with van der Waals surface area (Å²) in [6.45, 7) is 0.578. The standard InChI is InChI=1S/C22H21N3O2S/c1-24(14-15-8-5-4-6-9-15)21(26)19-13-18-20(23-25(2)22(18)28-19)16-10-7-11-17(12-16)27-3/h4-13H,14H2,1-3H3. The normalized spacial score (nSPS) is 11.0. The molecule has 0 N–H and O–H groups in total. The fourth-order valence-electron chi connectivity index (χ4n) is 3.25. The van der Waals surface area contributed by atoms with Crippen LogP contribution in [0.25, 0.3) is 21.5 Å². The van der Waals surface area contributed by atoms with Gasteiger partial charge in [-0.1, -0.05) is 42.5 Å². The first-order chi connectivity index (χ1) is 13.6. The number of methoxy groups -OCH3 is 1. The molecule has 0 unspecified atom stereocenters. The van der Waals surface area contributed by atoms with Crippen molar-refractivity contribution < 1.29 is 9.53 Å². The summed E-state index contributed by atoms with van der Waals surface area (Å²) in [4.78, 5) is 16.4. The quantitative estimate of drug-likeness (QED) is 0.500. The molecule has 0 saturated carbocycles. The number of thiophene rings is 1. The monoisotopic (exact) mass is 391 g/mol. The Kier molecular flexibility index (Phi) is 4.88. The van der Waals surface area contributed by atoms with E-state index in [0.29, 0.717) is 11.4 Å². The number of fused-ring (bicyclic) bond motifs is 1. The van der Waals surface area contributed by atoms with Crippen LogP contribution in [-0.2, 0) is 13.6 Å². The molecule has 0 fully saturated rings. The molecule has 1 amide bonds. The van der Waals surface area contributed by atoms with E-state index >= 15 is 0 Å². The highest BCUT2D eigenvalue weighted by molar-refractivity contribution is 7.20. The Labute approximate surface area is 167 Å². The Balaban J connectivity index is 1.67. The summed E-state index contributed by atoms with van der Waals surface area (Å²) in [7, 11) is 5.39. The van der Waals surface area contributed by atoms with E-state index in [-0.39, 0.29) is 5.91 Å². The van der Waals surface area contributed by atoms with E-state index in [9.17, 15) is 4.79 Å². The maximum absolute atomic E-state index is 13.0. The Morgan fingerprint density at radius 2 is 1.93 bits per heavy atom. The van der Waals surface area contributed by atoms with E-state index in [4.69, 9.17) is 4.74 Å². The number of hydrogen-bond acceptors (Lipinski definition) is 4. The van der Waals surface area contributed by atoms with E-state index in [2.05, 4.69) is 5.10 Å². The van der Waals surface area contributed by atoms with E-state index < -0.39 is 0 Å². The third kappa shape index (κ3) is 3.39. The second-order valence-corrected chi connectivity index (χ2v) is 7.71. The molecule has 0 radical (unpaired) electrons. The number of nitrogens with zero attached hydrogens (tertiary/aromatic N) is 3. The van der Waals surface area contributed by atoms with Crippen molar-refractivity contribution in [3.05, 3.63) is 71.1 Å². The molecule has 6 heteroatoms. The topological polar surface area (TPSA) is 47.4 Å². The van der Waals surface area contributed by atoms with Crippen LogP contribution in [0, 0.1) is 0 Å². The van der Waals surface area contributed by atoms with Gasteiger partial charge in [0.15, 0.2) is 0 Å². The van der Waals surface area contributed by atoms with Crippen LogP contribution >= 0.6 is 11.3 Å². The number of hydrogen-bond donors (Lipinski definition) is 0. The molecule has 5 nitrogen and oxygen atoms in total. The van der Waals surface area contributed by atoms with E-state index in [1.807, 2.05) is 79.4 Å². The Bertz CT molecular complexity index is 1130. The number of carbonyl (C=O) groups is 1. The highest BCUT2D eigenvalue weighted by Gasteiger charge is 2.20. The van der Waals surface area contributed by atoms with Crippen LogP contribution in [0.4, 0.5) is 0 Å². The van der Waals surface area contributed by atoms with Crippen LogP contribution in [-0.4, -0.2) is 34.7 Å². The number of benzene rings is 2. The van der Waals surface area contributed by atoms with Crippen molar-refractivity contribution in [2.24, 2.45) is 7.05 Å². The fraction of sp³-hybridized carbons (Fsp3) is 0.182. The van der Waals surface area contributed by atoms with Gasteiger partial charge >= 0.3 is 0 Å². The number of amides is 1. The highest BCUT2D eigenvalue weighted by Crippen LogP contribution is 2.35. The van der Waals surface area contributed by atoms with Crippen molar-refractivity contribution in [3.63, 3.8) is 0 Å². The maximum Gasteiger partial charge on any atom is 0.264 e. The average molecular weight is 391 g/mol. The number of rotatable bonds is 5. The first-order valence-corrected chi connectivity index (χ1v) is 9.79. The third-order valence-electron chi connectivity index (χ3n) is 4.67. The molecule has 28 heavy (non-hydrogen) atoms. The van der Waals surface area contributed by atoms with Gasteiger partial charge in [-0.3, -0.25) is 9.48 Å². The van der Waals surface area contributed by atoms with Gasteiger partial charge in [-0.05, 0) is 23.8 Å². The van der Waals surface area contributed by atoms with Crippen LogP contribution in [0.2, 0.25) is 0 Å². The Morgan fingerprint density at radius 3 is 2.68 bits per heavy atom. The van der Waals surface area contributed by atoms with Crippen LogP contribution in [0.3, 0.4) is 0 Å². The zero-order valence-electron chi connectivity index (χ0n) is 16.0. The van der Waals surface area contributed by atoms with Gasteiger partial charge in [-0.15, -0.1) is 11.3 Å². The van der Waals surface area contributed by atoms with Crippen molar-refractivity contribution in [1.29, 1.82) is 0 Å². The average Bonchev–Trinajstić information content (AvgIpc) is 3.29. The lowest BCUT2D eigenvalue weighted by atomic mass is 10.1. The second-order valence-electron chi connectivity index (χ2n) is 6.68. The SMILES string of the molecule is COc1cccc(-c2nn(C)c3sc(C(=O)N(C)Cc4ccccc4)cc23)c1. The predicted octanol–water partition coefficient (Wildman–Crippen LogP) is 4.58. The Hall–Kier alpha value is -3.12. The van der Waals surface area contributed by atoms with Crippen molar-refractivity contribution >= 4 is 27.5 Å². The molecule has 0 aliphatic rings. The number of ether oxygens (including phenoxy) is 1. The van der Waals surface area contributed by atoms with Crippen LogP contribution in [0.1, 0.15) is 15.2 Å². The van der Waals surface area contributed by atoms with Crippen molar-refractivity contribution in [3.8, 4) is 17.0 Å². The van der Waals surface area contributed by atoms with Crippen molar-refractivity contribution in [2.75, 3.05) is 14.2 Å². The molecule has 0 aliphatic heterocycles. The second kappa shape index (κ2) is 7.48. The summed E-state index contributed by atoms with van der Waals surface area (Å²) in [5.74, 6) is 0.798. The number of aryl methyl sites for hydroxylation is 1. The lowest BCUT2D eigenvalue weighted by Crippen LogP contribution is -2.25. The van der Waals surface area contributed by atoms with E-state index in [1.54, 1.807) is 12.0 Å². The lowest BCUT2D eigenvalue weighted by molar-refractivity contribution is 0.0790. The number of aromatic nitrogens is 2. The first kappa shape index (κ1) is 18.3. The van der Waals surface area contributed by atoms with Gasteiger partial charge in [0.05, 0.1) is 12.0 Å². The van der Waals surface area contributed by atoms with Crippen LogP contribution in [0.15, 0.2) is 60.7 Å². The van der Waals surface area contributed by atoms with Crippen LogP contribution < -0.4 is 4.74 Å². The molecular weight excluding hydrogens is 370 g/mol. The molecule has 0 spiro atoms. The summed E-state index contributed by atoms with van der Waals surface area (Å²) in [6.07, 6.45) is 0. The van der Waals surface area contributed by atoms with Gasteiger partial charge in [0.1, 0.15) is 16.3 Å². The summed E-state index contributed by atoms with van der Waals surface area (Å²) in [5.41, 5.74) is 2.94. The minimum Gasteiger partial charge on any atom is -0.497 e. The molecule has 0 atom stereocenters. The summed E-state index contributed by atoms with van der Waals surface area (Å²) >= 11 is 1.47. The molecule has 2 aromatic heterocycles. The van der Waals surface area contributed by atoms with E-state index in [0.717, 1.165) is 32.8 Å². The first-order valence-electron chi connectivity index (χ1n) is 8.97. The van der Waals surface area contributed by atoms with Gasteiger partial charge in [0.25, 0.3) is 5.91 Å². The number of carbonyl (C=O) groups excluding carboxylic acids is 1. The van der Waals surface area contributed by atoms with Crippen molar-refractivity contribution in [2.45, 2.75) is 6.54 Å². The predicted molar refractivity (Wildman–Crippen MR) is 113 cm³/mol. The van der Waals surface area contributed by atoms with Crippen LogP contribution in [0.5, 0.6) is 5.75 Å². The molecule has 2 aromatic carbocycles. The molecule has 0 saturated heterocycles. The maximum atomic E-state index is 13.0. The molecule has 4 aromatic rings. The largest absolute Gasteiger partial charge is 0.497 e. The van der Waals surface area contributed by atoms with Gasteiger partial charge in [0, 0.05) is 31.6 Å². The molecule has 2 heterocycles. The summed E-state index contributed by atoms with van der Waals surface area (Å²) in [5, 5.41) is 5.64. The zero-order valence-corrected chi connectivity index (χ0v) is 16.9.